The number of hydrogen-bond acceptors (Lipinski definition) is 3. The largest absolute Gasteiger partial charge is 0.464 e. The third-order valence-corrected chi connectivity index (χ3v) is 1.92. The number of pyridine rings is 1. The van der Waals surface area contributed by atoms with E-state index in [-0.39, 0.29) is 6.61 Å². The molecule has 0 aromatic carbocycles. The van der Waals surface area contributed by atoms with Crippen LogP contribution in [-0.2, 0) is 15.7 Å². The van der Waals surface area contributed by atoms with E-state index in [1.54, 1.807) is 0 Å². The lowest BCUT2D eigenvalue weighted by Crippen LogP contribution is -2.17. The summed E-state index contributed by atoms with van der Waals surface area (Å²) >= 11 is 0. The Morgan fingerprint density at radius 1 is 1.53 bits per heavy atom. The van der Waals surface area contributed by atoms with Crippen LogP contribution >= 0.6 is 0 Å². The van der Waals surface area contributed by atoms with Gasteiger partial charge in [0.05, 0.1) is 12.2 Å². The zero-order valence-corrected chi connectivity index (χ0v) is 8.79. The number of rotatable bonds is 3. The van der Waals surface area contributed by atoms with Crippen molar-refractivity contribution in [2.24, 2.45) is 0 Å². The maximum atomic E-state index is 13.5. The van der Waals surface area contributed by atoms with Crippen LogP contribution in [0.3, 0.4) is 0 Å². The molecule has 1 aromatic heterocycles. The number of halogens is 4. The number of aromatic nitrogens is 1. The molecule has 1 aromatic rings. The summed E-state index contributed by atoms with van der Waals surface area (Å²) in [5, 5.41) is 0. The number of carbonyl (C=O) groups excluding carboxylic acids is 1. The minimum absolute atomic E-state index is 0.110. The van der Waals surface area contributed by atoms with Gasteiger partial charge in [-0.1, -0.05) is 0 Å². The molecule has 1 atom stereocenters. The molecule has 1 heterocycles. The van der Waals surface area contributed by atoms with Crippen LogP contribution in [0.25, 0.3) is 0 Å². The van der Waals surface area contributed by atoms with E-state index in [4.69, 9.17) is 0 Å². The molecule has 0 N–H and O–H groups in total. The van der Waals surface area contributed by atoms with Crippen LogP contribution in [0, 0.1) is 0 Å². The van der Waals surface area contributed by atoms with Gasteiger partial charge in [0.25, 0.3) is 0 Å². The average Bonchev–Trinajstić information content (AvgIpc) is 2.27. The van der Waals surface area contributed by atoms with Crippen LogP contribution in [0.4, 0.5) is 17.6 Å². The third kappa shape index (κ3) is 3.15. The van der Waals surface area contributed by atoms with Crippen molar-refractivity contribution in [1.29, 1.82) is 0 Å². The number of nitrogens with zero attached hydrogens (tertiary/aromatic N) is 1. The molecule has 0 aliphatic rings. The second-order valence-corrected chi connectivity index (χ2v) is 3.08. The molecule has 0 radical (unpaired) electrons. The Kier molecular flexibility index (Phi) is 4.03. The second kappa shape index (κ2) is 5.11. The van der Waals surface area contributed by atoms with Crippen LogP contribution in [0.2, 0.25) is 0 Å². The Bertz CT molecular complexity index is 406. The monoisotopic (exact) mass is 251 g/mol. The fourth-order valence-corrected chi connectivity index (χ4v) is 1.21. The lowest BCUT2D eigenvalue weighted by Gasteiger charge is -2.14. The normalized spacial score (nSPS) is 13.2. The third-order valence-electron chi connectivity index (χ3n) is 1.92. The van der Waals surface area contributed by atoms with Crippen LogP contribution in [0.5, 0.6) is 0 Å². The molecule has 0 spiro atoms. The van der Waals surface area contributed by atoms with Gasteiger partial charge in [-0.05, 0) is 13.0 Å². The average molecular weight is 251 g/mol. The summed E-state index contributed by atoms with van der Waals surface area (Å²) in [7, 11) is 0. The van der Waals surface area contributed by atoms with E-state index in [0.717, 1.165) is 6.20 Å². The van der Waals surface area contributed by atoms with Crippen LogP contribution in [0.15, 0.2) is 18.5 Å². The van der Waals surface area contributed by atoms with Crippen molar-refractivity contribution in [3.8, 4) is 0 Å². The maximum absolute atomic E-state index is 13.5. The molecule has 0 bridgehead atoms. The van der Waals surface area contributed by atoms with E-state index < -0.39 is 29.4 Å². The molecule has 0 aliphatic heterocycles. The maximum Gasteiger partial charge on any atom is 0.416 e. The van der Waals surface area contributed by atoms with Crippen molar-refractivity contribution < 1.29 is 27.1 Å². The van der Waals surface area contributed by atoms with Crippen LogP contribution < -0.4 is 0 Å². The summed E-state index contributed by atoms with van der Waals surface area (Å²) in [6.45, 7) is 1.32. The Balaban J connectivity index is 3.09. The van der Waals surface area contributed by atoms with Crippen molar-refractivity contribution in [3.63, 3.8) is 0 Å². The second-order valence-electron chi connectivity index (χ2n) is 3.08. The van der Waals surface area contributed by atoms with Crippen LogP contribution in [0.1, 0.15) is 24.2 Å². The molecule has 0 aliphatic carbocycles. The Labute approximate surface area is 94.4 Å². The molecule has 1 unspecified atom stereocenters. The highest BCUT2D eigenvalue weighted by Crippen LogP contribution is 2.35. The summed E-state index contributed by atoms with van der Waals surface area (Å²) in [6, 6.07) is 0.612. The number of ether oxygens (including phenoxy) is 1. The zero-order chi connectivity index (χ0) is 13.1. The SMILES string of the molecule is CCOC(=O)C(F)c1cnccc1C(F)(F)F. The van der Waals surface area contributed by atoms with Crippen LogP contribution in [-0.4, -0.2) is 17.6 Å². The zero-order valence-electron chi connectivity index (χ0n) is 8.79. The lowest BCUT2D eigenvalue weighted by atomic mass is 10.1. The summed E-state index contributed by atoms with van der Waals surface area (Å²) in [5.74, 6) is -1.36. The van der Waals surface area contributed by atoms with Crippen molar-refractivity contribution in [3.05, 3.63) is 29.6 Å². The molecule has 7 heteroatoms. The Morgan fingerprint density at radius 3 is 2.71 bits per heavy atom. The fourth-order valence-electron chi connectivity index (χ4n) is 1.21. The Morgan fingerprint density at radius 2 is 2.18 bits per heavy atom. The Hall–Kier alpha value is -1.66. The predicted octanol–water partition coefficient (Wildman–Crippen LogP) is 2.67. The molecule has 0 amide bonds. The highest BCUT2D eigenvalue weighted by atomic mass is 19.4. The minimum Gasteiger partial charge on any atom is -0.464 e. The number of esters is 1. The standard InChI is InChI=1S/C10H9F4NO2/c1-2-17-9(16)8(11)6-5-15-4-3-7(6)10(12,13)14/h3-5,8H,2H2,1H3. The van der Waals surface area contributed by atoms with Crippen molar-refractivity contribution >= 4 is 5.97 Å². The molecule has 0 fully saturated rings. The van der Waals surface area contributed by atoms with E-state index in [1.165, 1.54) is 6.92 Å². The summed E-state index contributed by atoms with van der Waals surface area (Å²) < 4.78 is 55.3. The first-order chi connectivity index (χ1) is 7.88. The van der Waals surface area contributed by atoms with Gasteiger partial charge in [-0.2, -0.15) is 13.2 Å². The topological polar surface area (TPSA) is 39.2 Å². The van der Waals surface area contributed by atoms with E-state index in [2.05, 4.69) is 9.72 Å². The molecule has 3 nitrogen and oxygen atoms in total. The number of hydrogen-bond donors (Lipinski definition) is 0. The van der Waals surface area contributed by atoms with Crippen molar-refractivity contribution in [2.45, 2.75) is 19.3 Å². The minimum atomic E-state index is -4.74. The summed E-state index contributed by atoms with van der Waals surface area (Å²) in [4.78, 5) is 14.4. The van der Waals surface area contributed by atoms with E-state index in [0.29, 0.717) is 12.3 Å². The highest BCUT2D eigenvalue weighted by molar-refractivity contribution is 5.76. The summed E-state index contributed by atoms with van der Waals surface area (Å²) in [6.07, 6.45) is -5.68. The fraction of sp³-hybridized carbons (Fsp3) is 0.400. The van der Waals surface area contributed by atoms with E-state index in [9.17, 15) is 22.4 Å². The lowest BCUT2D eigenvalue weighted by molar-refractivity contribution is -0.150. The van der Waals surface area contributed by atoms with Gasteiger partial charge in [-0.15, -0.1) is 0 Å². The van der Waals surface area contributed by atoms with Gasteiger partial charge >= 0.3 is 12.1 Å². The first-order valence-electron chi connectivity index (χ1n) is 4.69. The molecular weight excluding hydrogens is 242 g/mol. The smallest absolute Gasteiger partial charge is 0.416 e. The molecule has 1 rings (SSSR count). The van der Waals surface area contributed by atoms with Gasteiger partial charge < -0.3 is 4.74 Å². The number of alkyl halides is 4. The van der Waals surface area contributed by atoms with E-state index in [1.807, 2.05) is 0 Å². The summed E-state index contributed by atoms with van der Waals surface area (Å²) in [5.41, 5.74) is -2.06. The molecule has 0 saturated heterocycles. The highest BCUT2D eigenvalue weighted by Gasteiger charge is 2.37. The molecule has 17 heavy (non-hydrogen) atoms. The number of carbonyl (C=O) groups is 1. The van der Waals surface area contributed by atoms with Gasteiger partial charge in [0, 0.05) is 18.0 Å². The van der Waals surface area contributed by atoms with Gasteiger partial charge in [0.2, 0.25) is 6.17 Å². The molecule has 0 saturated carbocycles. The van der Waals surface area contributed by atoms with Crippen molar-refractivity contribution in [1.82, 2.24) is 4.98 Å². The first kappa shape index (κ1) is 13.4. The molecule has 94 valence electrons. The van der Waals surface area contributed by atoms with E-state index >= 15 is 0 Å². The first-order valence-corrected chi connectivity index (χ1v) is 4.69. The van der Waals surface area contributed by atoms with Gasteiger partial charge in [0.1, 0.15) is 0 Å². The quantitative estimate of drug-likeness (QED) is 0.612. The predicted molar refractivity (Wildman–Crippen MR) is 49.7 cm³/mol. The molecular formula is C10H9F4NO2. The van der Waals surface area contributed by atoms with Crippen molar-refractivity contribution in [2.75, 3.05) is 6.61 Å². The van der Waals surface area contributed by atoms with Gasteiger partial charge in [-0.25, -0.2) is 9.18 Å². The van der Waals surface area contributed by atoms with Gasteiger partial charge in [-0.3, -0.25) is 4.98 Å². The van der Waals surface area contributed by atoms with Gasteiger partial charge in [0.15, 0.2) is 0 Å².